The maximum Gasteiger partial charge on any atom is 0.215 e. The average molecular weight is 424 g/mol. The molecule has 0 radical (unpaired) electrons. The zero-order chi connectivity index (χ0) is 22.1. The number of aliphatic hydroxyl groups excluding tert-OH is 1. The third-order valence-electron chi connectivity index (χ3n) is 5.98. The molecule has 2 atom stereocenters. The lowest BCUT2D eigenvalue weighted by Gasteiger charge is -2.32. The van der Waals surface area contributed by atoms with E-state index in [0.29, 0.717) is 11.4 Å². The minimum Gasteiger partial charge on any atom is -0.378 e. The first-order valence-electron chi connectivity index (χ1n) is 10.8. The van der Waals surface area contributed by atoms with Gasteiger partial charge in [-0.3, -0.25) is 4.79 Å². The third-order valence-corrected chi connectivity index (χ3v) is 5.98. The molecular weight excluding hydrogens is 398 g/mol. The predicted octanol–water partition coefficient (Wildman–Crippen LogP) is 4.62. The van der Waals surface area contributed by atoms with Gasteiger partial charge in [-0.25, -0.2) is 0 Å². The summed E-state index contributed by atoms with van der Waals surface area (Å²) in [6.45, 7) is 2.07. The van der Waals surface area contributed by atoms with Gasteiger partial charge in [-0.2, -0.15) is 0 Å². The highest BCUT2D eigenvalue weighted by atomic mass is 16.3. The number of para-hydroxylation sites is 1. The van der Waals surface area contributed by atoms with Crippen LogP contribution in [0, 0.1) is 6.92 Å². The number of aryl methyl sites for hydroxylation is 1. The SMILES string of the molecule is Cc1ccc(C[C@@H](NC2=C(Nc3c[nH]c4ccccc34)C(O)C2=O)c2ccccc2)cc1. The van der Waals surface area contributed by atoms with Gasteiger partial charge in [-0.05, 0) is 30.5 Å². The quantitative estimate of drug-likeness (QED) is 0.350. The van der Waals surface area contributed by atoms with Crippen molar-refractivity contribution < 1.29 is 9.90 Å². The molecule has 4 aromatic rings. The normalized spacial score (nSPS) is 16.7. The summed E-state index contributed by atoms with van der Waals surface area (Å²) in [5.41, 5.74) is 6.23. The van der Waals surface area contributed by atoms with Crippen molar-refractivity contribution in [3.05, 3.63) is 113 Å². The molecule has 0 bridgehead atoms. The van der Waals surface area contributed by atoms with Crippen LogP contribution >= 0.6 is 0 Å². The first kappa shape index (κ1) is 20.1. The van der Waals surface area contributed by atoms with Crippen LogP contribution in [0.5, 0.6) is 0 Å². The van der Waals surface area contributed by atoms with Gasteiger partial charge < -0.3 is 20.7 Å². The van der Waals surface area contributed by atoms with E-state index < -0.39 is 6.10 Å². The monoisotopic (exact) mass is 423 g/mol. The largest absolute Gasteiger partial charge is 0.378 e. The fourth-order valence-electron chi connectivity index (χ4n) is 4.13. The first-order valence-corrected chi connectivity index (χ1v) is 10.8. The fraction of sp³-hybridized carbons (Fsp3) is 0.148. The minimum atomic E-state index is -1.15. The molecule has 0 spiro atoms. The van der Waals surface area contributed by atoms with E-state index in [0.717, 1.165) is 28.6 Å². The Labute approximate surface area is 186 Å². The van der Waals surface area contributed by atoms with Gasteiger partial charge >= 0.3 is 0 Å². The fourth-order valence-corrected chi connectivity index (χ4v) is 4.13. The molecule has 32 heavy (non-hydrogen) atoms. The lowest BCUT2D eigenvalue weighted by atomic mass is 9.91. The van der Waals surface area contributed by atoms with E-state index in [9.17, 15) is 9.90 Å². The maximum atomic E-state index is 12.6. The second-order valence-electron chi connectivity index (χ2n) is 8.23. The molecule has 4 N–H and O–H groups in total. The van der Waals surface area contributed by atoms with Crippen LogP contribution < -0.4 is 10.6 Å². The highest BCUT2D eigenvalue weighted by molar-refractivity contribution is 6.09. The van der Waals surface area contributed by atoms with Crippen LogP contribution in [0.1, 0.15) is 22.7 Å². The van der Waals surface area contributed by atoms with Gasteiger partial charge in [0.25, 0.3) is 0 Å². The standard InChI is InChI=1S/C27H25N3O2/c1-17-11-13-18(14-12-17)15-22(19-7-3-2-4-8-19)29-24-25(27(32)26(24)31)30-23-16-28-21-10-6-5-9-20(21)23/h2-14,16,22,27-30,32H,15H2,1H3/t22-,27?/m1/s1. The lowest BCUT2D eigenvalue weighted by Crippen LogP contribution is -2.46. The van der Waals surface area contributed by atoms with Crippen molar-refractivity contribution in [3.63, 3.8) is 0 Å². The van der Waals surface area contributed by atoms with Gasteiger partial charge in [0.1, 0.15) is 5.70 Å². The Balaban J connectivity index is 1.46. The van der Waals surface area contributed by atoms with Gasteiger partial charge in [-0.1, -0.05) is 78.4 Å². The molecule has 5 heteroatoms. The number of aliphatic hydroxyl groups is 1. The van der Waals surface area contributed by atoms with E-state index in [4.69, 9.17) is 0 Å². The molecule has 0 saturated carbocycles. The van der Waals surface area contributed by atoms with Crippen molar-refractivity contribution in [3.8, 4) is 0 Å². The lowest BCUT2D eigenvalue weighted by molar-refractivity contribution is -0.125. The number of nitrogens with one attached hydrogen (secondary N) is 3. The van der Waals surface area contributed by atoms with Crippen LogP contribution in [0.2, 0.25) is 0 Å². The number of hydrogen-bond acceptors (Lipinski definition) is 4. The summed E-state index contributed by atoms with van der Waals surface area (Å²) in [5, 5.41) is 18.1. The Hall–Kier alpha value is -3.83. The molecule has 160 valence electrons. The number of carbonyl (C=O) groups excluding carboxylic acids is 1. The summed E-state index contributed by atoms with van der Waals surface area (Å²) >= 11 is 0. The second-order valence-corrected chi connectivity index (χ2v) is 8.23. The van der Waals surface area contributed by atoms with Crippen molar-refractivity contribution in [1.82, 2.24) is 10.3 Å². The molecule has 3 aromatic carbocycles. The highest BCUT2D eigenvalue weighted by Crippen LogP contribution is 2.31. The van der Waals surface area contributed by atoms with Crippen LogP contribution in [0.3, 0.4) is 0 Å². The summed E-state index contributed by atoms with van der Waals surface area (Å²) in [5.74, 6) is -0.294. The van der Waals surface area contributed by atoms with E-state index in [2.05, 4.69) is 58.9 Å². The van der Waals surface area contributed by atoms with E-state index in [-0.39, 0.29) is 11.8 Å². The minimum absolute atomic E-state index is 0.106. The number of aromatic amines is 1. The molecule has 0 saturated heterocycles. The van der Waals surface area contributed by atoms with Gasteiger partial charge in [0.05, 0.1) is 17.4 Å². The van der Waals surface area contributed by atoms with E-state index in [1.807, 2.05) is 48.7 Å². The predicted molar refractivity (Wildman–Crippen MR) is 127 cm³/mol. The van der Waals surface area contributed by atoms with Crippen molar-refractivity contribution in [2.45, 2.75) is 25.5 Å². The number of anilines is 1. The molecule has 1 aromatic heterocycles. The number of benzene rings is 3. The Bertz CT molecular complexity index is 1290. The molecule has 5 nitrogen and oxygen atoms in total. The number of fused-ring (bicyclic) bond motifs is 1. The second kappa shape index (κ2) is 8.36. The van der Waals surface area contributed by atoms with Crippen LogP contribution in [0.4, 0.5) is 5.69 Å². The first-order chi connectivity index (χ1) is 15.6. The Kier molecular flexibility index (Phi) is 5.25. The zero-order valence-corrected chi connectivity index (χ0v) is 17.8. The summed E-state index contributed by atoms with van der Waals surface area (Å²) < 4.78 is 0. The summed E-state index contributed by atoms with van der Waals surface area (Å²) in [6.07, 6.45) is 1.42. The van der Waals surface area contributed by atoms with Gasteiger partial charge in [0.15, 0.2) is 6.10 Å². The van der Waals surface area contributed by atoms with Gasteiger partial charge in [0, 0.05) is 17.1 Å². The molecule has 1 unspecified atom stereocenters. The molecule has 5 rings (SSSR count). The summed E-state index contributed by atoms with van der Waals surface area (Å²) in [4.78, 5) is 15.8. The van der Waals surface area contributed by atoms with Crippen LogP contribution in [-0.4, -0.2) is 22.0 Å². The van der Waals surface area contributed by atoms with Crippen molar-refractivity contribution in [2.24, 2.45) is 0 Å². The maximum absolute atomic E-state index is 12.6. The summed E-state index contributed by atoms with van der Waals surface area (Å²) in [7, 11) is 0. The number of aromatic nitrogens is 1. The molecule has 1 heterocycles. The molecule has 0 amide bonds. The number of Topliss-reactive ketones (excluding diaryl/α,β-unsaturated/α-hetero) is 1. The molecular formula is C27H25N3O2. The Morgan fingerprint density at radius 1 is 0.969 bits per heavy atom. The zero-order valence-electron chi connectivity index (χ0n) is 17.8. The van der Waals surface area contributed by atoms with E-state index >= 15 is 0 Å². The van der Waals surface area contributed by atoms with Crippen LogP contribution in [0.15, 0.2) is 96.5 Å². The number of hydrogen-bond donors (Lipinski definition) is 4. The van der Waals surface area contributed by atoms with Crippen LogP contribution in [-0.2, 0) is 11.2 Å². The summed E-state index contributed by atoms with van der Waals surface area (Å²) in [6, 6.07) is 26.3. The van der Waals surface area contributed by atoms with Crippen molar-refractivity contribution in [1.29, 1.82) is 0 Å². The molecule has 1 aliphatic carbocycles. The number of ketones is 1. The third kappa shape index (κ3) is 3.79. The Morgan fingerprint density at radius 3 is 2.47 bits per heavy atom. The molecule has 0 fully saturated rings. The topological polar surface area (TPSA) is 77.2 Å². The average Bonchev–Trinajstić information content (AvgIpc) is 3.25. The van der Waals surface area contributed by atoms with Gasteiger partial charge in [-0.15, -0.1) is 0 Å². The number of carbonyl (C=O) groups is 1. The van der Waals surface area contributed by atoms with Crippen molar-refractivity contribution in [2.75, 3.05) is 5.32 Å². The molecule has 1 aliphatic rings. The van der Waals surface area contributed by atoms with Crippen molar-refractivity contribution >= 4 is 22.4 Å². The number of rotatable bonds is 7. The van der Waals surface area contributed by atoms with E-state index in [1.54, 1.807) is 0 Å². The smallest absolute Gasteiger partial charge is 0.215 e. The Morgan fingerprint density at radius 2 is 1.69 bits per heavy atom. The van der Waals surface area contributed by atoms with E-state index in [1.165, 1.54) is 11.1 Å². The number of H-pyrrole nitrogens is 1. The highest BCUT2D eigenvalue weighted by Gasteiger charge is 2.39. The molecule has 0 aliphatic heterocycles. The van der Waals surface area contributed by atoms with Crippen LogP contribution in [0.25, 0.3) is 10.9 Å². The van der Waals surface area contributed by atoms with Gasteiger partial charge in [0.2, 0.25) is 5.78 Å².